The van der Waals surface area contributed by atoms with Crippen LogP contribution in [0.15, 0.2) is 5.38 Å². The number of hydrogen-bond acceptors (Lipinski definition) is 4. The molecule has 0 aliphatic heterocycles. The topological polar surface area (TPSA) is 24.9 Å². The summed E-state index contributed by atoms with van der Waals surface area (Å²) in [6, 6.07) is 0.386. The molecule has 1 aromatic heterocycles. The zero-order valence-electron chi connectivity index (χ0n) is 8.33. The Bertz CT molecular complexity index is 248. The number of thiazole rings is 1. The molecule has 0 saturated heterocycles. The molecule has 1 heterocycles. The molecule has 1 atom stereocenters. The molecule has 0 amide bonds. The van der Waals surface area contributed by atoms with E-state index in [-0.39, 0.29) is 0 Å². The first-order valence-corrected chi connectivity index (χ1v) is 6.65. The summed E-state index contributed by atoms with van der Waals surface area (Å²) < 4.78 is 0. The van der Waals surface area contributed by atoms with E-state index in [0.717, 1.165) is 17.3 Å². The fraction of sp³-hybridized carbons (Fsp3) is 0.667. The fourth-order valence-corrected chi connectivity index (χ4v) is 2.09. The van der Waals surface area contributed by atoms with Gasteiger partial charge in [0.05, 0.1) is 10.7 Å². The first kappa shape index (κ1) is 11.0. The van der Waals surface area contributed by atoms with Gasteiger partial charge in [0.15, 0.2) is 0 Å². The quantitative estimate of drug-likeness (QED) is 0.765. The van der Waals surface area contributed by atoms with Crippen LogP contribution in [0.2, 0.25) is 0 Å². The lowest BCUT2D eigenvalue weighted by Crippen LogP contribution is -2.21. The van der Waals surface area contributed by atoms with Gasteiger partial charge in [-0.25, -0.2) is 4.98 Å². The van der Waals surface area contributed by atoms with Crippen molar-refractivity contribution in [1.29, 1.82) is 0 Å². The monoisotopic (exact) mass is 216 g/mol. The highest BCUT2D eigenvalue weighted by Gasteiger charge is 2.06. The van der Waals surface area contributed by atoms with Crippen molar-refractivity contribution in [2.75, 3.05) is 18.6 Å². The third kappa shape index (κ3) is 3.67. The smallest absolute Gasteiger partial charge is 0.0898 e. The van der Waals surface area contributed by atoms with Gasteiger partial charge in [-0.15, -0.1) is 11.3 Å². The SMILES string of the molecule is CSCCNC(C)c1csc(C)n1. The summed E-state index contributed by atoms with van der Waals surface area (Å²) in [6.07, 6.45) is 2.12. The number of nitrogens with one attached hydrogen (secondary N) is 1. The zero-order valence-corrected chi connectivity index (χ0v) is 9.97. The van der Waals surface area contributed by atoms with E-state index in [1.165, 1.54) is 5.69 Å². The molecule has 1 aromatic rings. The predicted octanol–water partition coefficient (Wildman–Crippen LogP) is 2.47. The van der Waals surface area contributed by atoms with Gasteiger partial charge >= 0.3 is 0 Å². The van der Waals surface area contributed by atoms with Crippen LogP contribution in [-0.2, 0) is 0 Å². The molecule has 1 rings (SSSR count). The van der Waals surface area contributed by atoms with E-state index in [4.69, 9.17) is 0 Å². The largest absolute Gasteiger partial charge is 0.308 e. The van der Waals surface area contributed by atoms with Gasteiger partial charge in [0.25, 0.3) is 0 Å². The Hall–Kier alpha value is -0.0600. The van der Waals surface area contributed by atoms with Gasteiger partial charge in [0, 0.05) is 23.7 Å². The lowest BCUT2D eigenvalue weighted by atomic mass is 10.2. The van der Waals surface area contributed by atoms with Crippen molar-refractivity contribution in [3.63, 3.8) is 0 Å². The van der Waals surface area contributed by atoms with E-state index in [1.54, 1.807) is 11.3 Å². The molecule has 13 heavy (non-hydrogen) atoms. The number of aryl methyl sites for hydroxylation is 1. The van der Waals surface area contributed by atoms with Crippen molar-refractivity contribution in [1.82, 2.24) is 10.3 Å². The predicted molar refractivity (Wildman–Crippen MR) is 61.7 cm³/mol. The lowest BCUT2D eigenvalue weighted by Gasteiger charge is -2.10. The van der Waals surface area contributed by atoms with Crippen molar-refractivity contribution >= 4 is 23.1 Å². The van der Waals surface area contributed by atoms with Crippen molar-refractivity contribution in [2.24, 2.45) is 0 Å². The maximum absolute atomic E-state index is 4.44. The summed E-state index contributed by atoms with van der Waals surface area (Å²) in [5.41, 5.74) is 1.17. The number of hydrogen-bond donors (Lipinski definition) is 1. The number of thioether (sulfide) groups is 1. The van der Waals surface area contributed by atoms with Crippen LogP contribution in [0.1, 0.15) is 23.7 Å². The summed E-state index contributed by atoms with van der Waals surface area (Å²) in [6.45, 7) is 5.26. The van der Waals surface area contributed by atoms with Crippen molar-refractivity contribution < 1.29 is 0 Å². The van der Waals surface area contributed by atoms with Crippen molar-refractivity contribution in [3.05, 3.63) is 16.1 Å². The average molecular weight is 216 g/mol. The molecule has 0 bridgehead atoms. The highest BCUT2D eigenvalue weighted by atomic mass is 32.2. The van der Waals surface area contributed by atoms with Crippen LogP contribution >= 0.6 is 23.1 Å². The van der Waals surface area contributed by atoms with Crippen molar-refractivity contribution in [3.8, 4) is 0 Å². The zero-order chi connectivity index (χ0) is 9.68. The maximum atomic E-state index is 4.44. The van der Waals surface area contributed by atoms with Gasteiger partial charge in [0.2, 0.25) is 0 Å². The number of aromatic nitrogens is 1. The molecular weight excluding hydrogens is 200 g/mol. The molecule has 4 heteroatoms. The van der Waals surface area contributed by atoms with Gasteiger partial charge in [0.1, 0.15) is 0 Å². The standard InChI is InChI=1S/C9H16N2S2/c1-7(10-4-5-12-3)9-6-13-8(2)11-9/h6-7,10H,4-5H2,1-3H3. The highest BCUT2D eigenvalue weighted by molar-refractivity contribution is 7.98. The summed E-state index contributed by atoms with van der Waals surface area (Å²) in [7, 11) is 0. The Morgan fingerprint density at radius 3 is 3.00 bits per heavy atom. The van der Waals surface area contributed by atoms with Crippen LogP contribution in [0.5, 0.6) is 0 Å². The van der Waals surface area contributed by atoms with Gasteiger partial charge in [-0.1, -0.05) is 0 Å². The summed E-state index contributed by atoms with van der Waals surface area (Å²) in [5.74, 6) is 1.16. The molecule has 1 N–H and O–H groups in total. The van der Waals surface area contributed by atoms with E-state index in [2.05, 4.69) is 28.9 Å². The molecule has 0 aliphatic rings. The van der Waals surface area contributed by atoms with E-state index < -0.39 is 0 Å². The van der Waals surface area contributed by atoms with Gasteiger partial charge in [-0.05, 0) is 20.1 Å². The Morgan fingerprint density at radius 1 is 1.69 bits per heavy atom. The number of nitrogens with zero attached hydrogens (tertiary/aromatic N) is 1. The Kier molecular flexibility index (Phi) is 4.77. The van der Waals surface area contributed by atoms with E-state index in [9.17, 15) is 0 Å². The van der Waals surface area contributed by atoms with Crippen LogP contribution in [-0.4, -0.2) is 23.5 Å². The molecule has 0 aliphatic carbocycles. The number of rotatable bonds is 5. The minimum atomic E-state index is 0.386. The van der Waals surface area contributed by atoms with E-state index in [0.29, 0.717) is 6.04 Å². The molecule has 0 aromatic carbocycles. The summed E-state index contributed by atoms with van der Waals surface area (Å²) in [4.78, 5) is 4.44. The molecule has 74 valence electrons. The van der Waals surface area contributed by atoms with Gasteiger partial charge < -0.3 is 5.32 Å². The first-order valence-electron chi connectivity index (χ1n) is 4.38. The molecule has 2 nitrogen and oxygen atoms in total. The van der Waals surface area contributed by atoms with Crippen LogP contribution in [0.3, 0.4) is 0 Å². The second kappa shape index (κ2) is 5.62. The van der Waals surface area contributed by atoms with Gasteiger partial charge in [-0.2, -0.15) is 11.8 Å². The Morgan fingerprint density at radius 2 is 2.46 bits per heavy atom. The van der Waals surface area contributed by atoms with Crippen LogP contribution in [0, 0.1) is 6.92 Å². The molecule has 0 radical (unpaired) electrons. The molecule has 1 unspecified atom stereocenters. The van der Waals surface area contributed by atoms with Crippen LogP contribution < -0.4 is 5.32 Å². The first-order chi connectivity index (χ1) is 6.24. The molecule has 0 saturated carbocycles. The molecular formula is C9H16N2S2. The summed E-state index contributed by atoms with van der Waals surface area (Å²) >= 11 is 3.58. The molecule has 0 fully saturated rings. The van der Waals surface area contributed by atoms with E-state index in [1.807, 2.05) is 18.7 Å². The van der Waals surface area contributed by atoms with E-state index >= 15 is 0 Å². The normalized spacial score (nSPS) is 13.2. The second-order valence-electron chi connectivity index (χ2n) is 2.96. The molecule has 0 spiro atoms. The fourth-order valence-electron chi connectivity index (χ4n) is 1.06. The highest BCUT2D eigenvalue weighted by Crippen LogP contribution is 2.15. The van der Waals surface area contributed by atoms with Gasteiger partial charge in [-0.3, -0.25) is 0 Å². The van der Waals surface area contributed by atoms with Crippen LogP contribution in [0.25, 0.3) is 0 Å². The third-order valence-corrected chi connectivity index (χ3v) is 3.24. The summed E-state index contributed by atoms with van der Waals surface area (Å²) in [5, 5.41) is 6.71. The average Bonchev–Trinajstić information content (AvgIpc) is 2.52. The Balaban J connectivity index is 2.35. The minimum absolute atomic E-state index is 0.386. The second-order valence-corrected chi connectivity index (χ2v) is 5.01. The third-order valence-electron chi connectivity index (χ3n) is 1.84. The maximum Gasteiger partial charge on any atom is 0.0898 e. The minimum Gasteiger partial charge on any atom is -0.308 e. The lowest BCUT2D eigenvalue weighted by molar-refractivity contribution is 0.588. The van der Waals surface area contributed by atoms with Crippen LogP contribution in [0.4, 0.5) is 0 Å². The Labute approximate surface area is 88.2 Å². The van der Waals surface area contributed by atoms with Crippen molar-refractivity contribution in [2.45, 2.75) is 19.9 Å².